The summed E-state index contributed by atoms with van der Waals surface area (Å²) in [6.07, 6.45) is 0.810. The minimum atomic E-state index is -0.234. The monoisotopic (exact) mass is 330 g/mol. The highest BCUT2D eigenvalue weighted by molar-refractivity contribution is 5.85. The van der Waals surface area contributed by atoms with Crippen LogP contribution in [0.25, 0.3) is 0 Å². The molecule has 0 aliphatic rings. The molecule has 0 heterocycles. The summed E-state index contributed by atoms with van der Waals surface area (Å²) in [7, 11) is 1.56. The maximum Gasteiger partial charge on any atom is 0.222 e. The second-order valence-electron chi connectivity index (χ2n) is 5.07. The molecule has 126 valence electrons. The van der Waals surface area contributed by atoms with Crippen molar-refractivity contribution in [3.8, 4) is 5.75 Å². The Morgan fingerprint density at radius 2 is 2.09 bits per heavy atom. The summed E-state index contributed by atoms with van der Waals surface area (Å²) < 4.78 is 11.0. The molecule has 5 nitrogen and oxygen atoms in total. The molecule has 0 saturated heterocycles. The number of carbonyl (C=O) groups is 1. The summed E-state index contributed by atoms with van der Waals surface area (Å²) >= 11 is 0. The first-order chi connectivity index (χ1) is 10.1. The van der Waals surface area contributed by atoms with Gasteiger partial charge in [-0.1, -0.05) is 19.1 Å². The van der Waals surface area contributed by atoms with Crippen LogP contribution in [0.1, 0.15) is 25.3 Å². The summed E-state index contributed by atoms with van der Waals surface area (Å²) in [6.45, 7) is 4.86. The van der Waals surface area contributed by atoms with E-state index in [0.717, 1.165) is 17.7 Å². The zero-order valence-electron chi connectivity index (χ0n) is 13.5. The predicted octanol–water partition coefficient (Wildman–Crippen LogP) is 2.05. The minimum Gasteiger partial charge on any atom is -0.489 e. The van der Waals surface area contributed by atoms with Crippen LogP contribution in [0.3, 0.4) is 0 Å². The zero-order valence-corrected chi connectivity index (χ0v) is 14.3. The van der Waals surface area contributed by atoms with E-state index in [2.05, 4.69) is 5.32 Å². The lowest BCUT2D eigenvalue weighted by Gasteiger charge is -2.19. The molecule has 0 fully saturated rings. The molecule has 1 rings (SSSR count). The number of halogens is 1. The Morgan fingerprint density at radius 3 is 2.64 bits per heavy atom. The standard InChI is InChI=1S/C16H26N2O3.ClH/c1-4-13(21-14-7-5-6-12(2)8-14)11-18-16(19)9-15(10-17)20-3;/h5-8,13,15H,4,9-11,17H2,1-3H3,(H,18,19);1H. The van der Waals surface area contributed by atoms with Gasteiger partial charge < -0.3 is 20.5 Å². The van der Waals surface area contributed by atoms with Gasteiger partial charge in [-0.2, -0.15) is 0 Å². The van der Waals surface area contributed by atoms with Crippen molar-refractivity contribution in [3.05, 3.63) is 29.8 Å². The number of ether oxygens (including phenoxy) is 2. The van der Waals surface area contributed by atoms with Crippen molar-refractivity contribution in [2.45, 2.75) is 38.9 Å². The molecule has 3 N–H and O–H groups in total. The van der Waals surface area contributed by atoms with Crippen LogP contribution in [0.15, 0.2) is 24.3 Å². The van der Waals surface area contributed by atoms with Gasteiger partial charge in [-0.25, -0.2) is 0 Å². The van der Waals surface area contributed by atoms with Crippen molar-refractivity contribution < 1.29 is 14.3 Å². The normalized spacial score (nSPS) is 12.9. The van der Waals surface area contributed by atoms with Gasteiger partial charge in [0.05, 0.1) is 19.1 Å². The molecule has 1 aromatic carbocycles. The fourth-order valence-electron chi connectivity index (χ4n) is 1.92. The summed E-state index contributed by atoms with van der Waals surface area (Å²) in [5.74, 6) is 0.756. The first kappa shape index (κ1) is 20.7. The fourth-order valence-corrected chi connectivity index (χ4v) is 1.92. The average molecular weight is 331 g/mol. The van der Waals surface area contributed by atoms with Gasteiger partial charge in [-0.15, -0.1) is 12.4 Å². The zero-order chi connectivity index (χ0) is 15.7. The number of hydrogen-bond donors (Lipinski definition) is 2. The first-order valence-electron chi connectivity index (χ1n) is 7.31. The Morgan fingerprint density at radius 1 is 1.36 bits per heavy atom. The van der Waals surface area contributed by atoms with Crippen molar-refractivity contribution in [3.63, 3.8) is 0 Å². The Balaban J connectivity index is 0.00000441. The third-order valence-corrected chi connectivity index (χ3v) is 3.28. The summed E-state index contributed by atoms with van der Waals surface area (Å²) in [5, 5.41) is 2.87. The largest absolute Gasteiger partial charge is 0.489 e. The SMILES string of the molecule is CCC(CNC(=O)CC(CN)OC)Oc1cccc(C)c1.Cl. The Kier molecular flexibility index (Phi) is 10.6. The molecular formula is C16H27ClN2O3. The van der Waals surface area contributed by atoms with E-state index < -0.39 is 0 Å². The van der Waals surface area contributed by atoms with Crippen LogP contribution in [0.2, 0.25) is 0 Å². The average Bonchev–Trinajstić information content (AvgIpc) is 2.49. The molecule has 0 bridgehead atoms. The second kappa shape index (κ2) is 11.3. The van der Waals surface area contributed by atoms with Crippen LogP contribution in [-0.2, 0) is 9.53 Å². The van der Waals surface area contributed by atoms with Gasteiger partial charge in [-0.05, 0) is 31.0 Å². The van der Waals surface area contributed by atoms with Gasteiger partial charge in [0, 0.05) is 13.7 Å². The Labute approximate surface area is 139 Å². The van der Waals surface area contributed by atoms with Crippen LogP contribution in [0.4, 0.5) is 0 Å². The molecule has 6 heteroatoms. The third-order valence-electron chi connectivity index (χ3n) is 3.28. The molecule has 0 radical (unpaired) electrons. The highest BCUT2D eigenvalue weighted by Gasteiger charge is 2.14. The van der Waals surface area contributed by atoms with Crippen molar-refractivity contribution in [2.24, 2.45) is 5.73 Å². The predicted molar refractivity (Wildman–Crippen MR) is 90.6 cm³/mol. The van der Waals surface area contributed by atoms with Crippen molar-refractivity contribution >= 4 is 18.3 Å². The topological polar surface area (TPSA) is 73.6 Å². The van der Waals surface area contributed by atoms with E-state index in [1.165, 1.54) is 0 Å². The summed E-state index contributed by atoms with van der Waals surface area (Å²) in [5.41, 5.74) is 6.65. The van der Waals surface area contributed by atoms with E-state index in [-0.39, 0.29) is 36.9 Å². The van der Waals surface area contributed by atoms with E-state index >= 15 is 0 Å². The molecule has 0 aliphatic carbocycles. The Bertz CT molecular complexity index is 439. The number of carbonyl (C=O) groups excluding carboxylic acids is 1. The molecule has 0 saturated carbocycles. The number of methoxy groups -OCH3 is 1. The van der Waals surface area contributed by atoms with E-state index in [1.807, 2.05) is 38.1 Å². The molecule has 2 unspecified atom stereocenters. The fraction of sp³-hybridized carbons (Fsp3) is 0.562. The van der Waals surface area contributed by atoms with E-state index in [1.54, 1.807) is 7.11 Å². The van der Waals surface area contributed by atoms with Gasteiger partial charge in [0.2, 0.25) is 5.91 Å². The molecule has 22 heavy (non-hydrogen) atoms. The molecular weight excluding hydrogens is 304 g/mol. The quantitative estimate of drug-likeness (QED) is 0.727. The van der Waals surface area contributed by atoms with E-state index in [0.29, 0.717) is 13.1 Å². The second-order valence-corrected chi connectivity index (χ2v) is 5.07. The lowest BCUT2D eigenvalue weighted by Crippen LogP contribution is -2.38. The smallest absolute Gasteiger partial charge is 0.222 e. The van der Waals surface area contributed by atoms with E-state index in [9.17, 15) is 4.79 Å². The summed E-state index contributed by atoms with van der Waals surface area (Å²) in [6, 6.07) is 7.89. The number of amides is 1. The van der Waals surface area contributed by atoms with Crippen LogP contribution in [-0.4, -0.2) is 38.3 Å². The van der Waals surface area contributed by atoms with Crippen molar-refractivity contribution in [1.29, 1.82) is 0 Å². The van der Waals surface area contributed by atoms with Crippen LogP contribution >= 0.6 is 12.4 Å². The number of hydrogen-bond acceptors (Lipinski definition) is 4. The van der Waals surface area contributed by atoms with Crippen molar-refractivity contribution in [2.75, 3.05) is 20.2 Å². The van der Waals surface area contributed by atoms with Gasteiger partial charge in [0.15, 0.2) is 0 Å². The lowest BCUT2D eigenvalue weighted by molar-refractivity contribution is -0.123. The Hall–Kier alpha value is -1.30. The lowest BCUT2D eigenvalue weighted by atomic mass is 10.2. The number of nitrogens with one attached hydrogen (secondary N) is 1. The molecule has 0 aromatic heterocycles. The van der Waals surface area contributed by atoms with Gasteiger partial charge in [0.1, 0.15) is 11.9 Å². The van der Waals surface area contributed by atoms with Crippen LogP contribution in [0, 0.1) is 6.92 Å². The van der Waals surface area contributed by atoms with Gasteiger partial charge >= 0.3 is 0 Å². The highest BCUT2D eigenvalue weighted by Crippen LogP contribution is 2.15. The number of benzene rings is 1. The third kappa shape index (κ3) is 7.64. The number of aryl methyl sites for hydroxylation is 1. The molecule has 1 amide bonds. The first-order valence-corrected chi connectivity index (χ1v) is 7.31. The maximum atomic E-state index is 11.8. The van der Waals surface area contributed by atoms with Crippen molar-refractivity contribution in [1.82, 2.24) is 5.32 Å². The highest BCUT2D eigenvalue weighted by atomic mass is 35.5. The molecule has 2 atom stereocenters. The van der Waals surface area contributed by atoms with Crippen LogP contribution in [0.5, 0.6) is 5.75 Å². The number of rotatable bonds is 9. The number of nitrogens with two attached hydrogens (primary N) is 1. The molecule has 1 aromatic rings. The summed E-state index contributed by atoms with van der Waals surface area (Å²) in [4.78, 5) is 11.8. The van der Waals surface area contributed by atoms with Gasteiger partial charge in [-0.3, -0.25) is 4.79 Å². The minimum absolute atomic E-state index is 0. The maximum absolute atomic E-state index is 11.8. The molecule has 0 aliphatic heterocycles. The van der Waals surface area contributed by atoms with E-state index in [4.69, 9.17) is 15.2 Å². The molecule has 0 spiro atoms. The van der Waals surface area contributed by atoms with Gasteiger partial charge in [0.25, 0.3) is 0 Å². The van der Waals surface area contributed by atoms with Crippen LogP contribution < -0.4 is 15.8 Å².